The Balaban J connectivity index is 1.97. The molecule has 0 saturated carbocycles. The zero-order valence-corrected chi connectivity index (χ0v) is 15.1. The molecular formula is C18H15N5O3S. The largest absolute Gasteiger partial charge is 0.290 e. The lowest BCUT2D eigenvalue weighted by Gasteiger charge is -2.11. The van der Waals surface area contributed by atoms with Crippen molar-refractivity contribution < 1.29 is 8.42 Å². The molecule has 9 heteroatoms. The molecule has 0 aliphatic rings. The standard InChI is InChI=1S/C18H15N5O3S/c1-23-8-7-13(22-23)10-15-16(27(25,26)14-5-3-2-4-6-14)9-12-11-19-21-18(24)17(12)20-15/h2-9,11H,10H2,1H3,(H,21,24). The van der Waals surface area contributed by atoms with Crippen LogP contribution in [0.5, 0.6) is 0 Å². The Bertz CT molecular complexity index is 1290. The number of hydrogen-bond acceptors (Lipinski definition) is 6. The van der Waals surface area contributed by atoms with E-state index in [1.165, 1.54) is 24.4 Å². The van der Waals surface area contributed by atoms with Gasteiger partial charge in [0.25, 0.3) is 5.56 Å². The van der Waals surface area contributed by atoms with Crippen molar-refractivity contribution in [3.8, 4) is 0 Å². The zero-order chi connectivity index (χ0) is 19.0. The van der Waals surface area contributed by atoms with Gasteiger partial charge in [0.1, 0.15) is 5.52 Å². The highest BCUT2D eigenvalue weighted by Gasteiger charge is 2.24. The summed E-state index contributed by atoms with van der Waals surface area (Å²) in [4.78, 5) is 16.6. The average Bonchev–Trinajstić information content (AvgIpc) is 3.07. The van der Waals surface area contributed by atoms with Gasteiger partial charge in [-0.05, 0) is 24.3 Å². The monoisotopic (exact) mass is 381 g/mol. The molecule has 0 spiro atoms. The Morgan fingerprint density at radius 2 is 1.93 bits per heavy atom. The number of aryl methyl sites for hydroxylation is 1. The van der Waals surface area contributed by atoms with Crippen LogP contribution in [0, 0.1) is 0 Å². The van der Waals surface area contributed by atoms with E-state index in [4.69, 9.17) is 0 Å². The fraction of sp³-hybridized carbons (Fsp3) is 0.111. The number of hydrogen-bond donors (Lipinski definition) is 1. The summed E-state index contributed by atoms with van der Waals surface area (Å²) < 4.78 is 28.0. The third-order valence-electron chi connectivity index (χ3n) is 4.14. The summed E-state index contributed by atoms with van der Waals surface area (Å²) in [6.07, 6.45) is 3.33. The third kappa shape index (κ3) is 3.13. The van der Waals surface area contributed by atoms with Crippen LogP contribution in [-0.2, 0) is 23.3 Å². The molecule has 136 valence electrons. The molecular weight excluding hydrogens is 366 g/mol. The fourth-order valence-corrected chi connectivity index (χ4v) is 4.34. The lowest BCUT2D eigenvalue weighted by molar-refractivity contribution is 0.594. The van der Waals surface area contributed by atoms with E-state index in [0.29, 0.717) is 11.1 Å². The first-order valence-electron chi connectivity index (χ1n) is 8.11. The lowest BCUT2D eigenvalue weighted by atomic mass is 10.2. The van der Waals surface area contributed by atoms with Crippen molar-refractivity contribution in [2.75, 3.05) is 0 Å². The van der Waals surface area contributed by atoms with Crippen molar-refractivity contribution >= 4 is 20.7 Å². The smallest absolute Gasteiger partial charge is 0.276 e. The lowest BCUT2D eigenvalue weighted by Crippen LogP contribution is -2.14. The van der Waals surface area contributed by atoms with Gasteiger partial charge in [0.05, 0.1) is 27.4 Å². The van der Waals surface area contributed by atoms with Crippen LogP contribution in [0.2, 0.25) is 0 Å². The number of rotatable bonds is 4. The molecule has 0 atom stereocenters. The summed E-state index contributed by atoms with van der Waals surface area (Å²) in [5, 5.41) is 10.7. The van der Waals surface area contributed by atoms with E-state index in [1.807, 2.05) is 0 Å². The molecule has 0 fully saturated rings. The maximum absolute atomic E-state index is 13.2. The predicted octanol–water partition coefficient (Wildman–Crippen LogP) is 1.48. The van der Waals surface area contributed by atoms with Crippen LogP contribution in [0.3, 0.4) is 0 Å². The van der Waals surface area contributed by atoms with Crippen molar-refractivity contribution in [3.05, 3.63) is 76.6 Å². The van der Waals surface area contributed by atoms with E-state index in [9.17, 15) is 13.2 Å². The number of fused-ring (bicyclic) bond motifs is 1. The number of aromatic nitrogens is 5. The summed E-state index contributed by atoms with van der Waals surface area (Å²) in [6.45, 7) is 0. The highest BCUT2D eigenvalue weighted by Crippen LogP contribution is 2.26. The molecule has 1 aromatic carbocycles. The van der Waals surface area contributed by atoms with Crippen LogP contribution >= 0.6 is 0 Å². The molecule has 0 aliphatic heterocycles. The van der Waals surface area contributed by atoms with Gasteiger partial charge >= 0.3 is 0 Å². The quantitative estimate of drug-likeness (QED) is 0.573. The van der Waals surface area contributed by atoms with Crippen molar-refractivity contribution in [2.24, 2.45) is 7.05 Å². The van der Waals surface area contributed by atoms with E-state index in [1.54, 1.807) is 42.2 Å². The Hall–Kier alpha value is -3.33. The van der Waals surface area contributed by atoms with Crippen LogP contribution in [0.25, 0.3) is 10.9 Å². The van der Waals surface area contributed by atoms with Gasteiger partial charge in [-0.3, -0.25) is 9.48 Å². The maximum atomic E-state index is 13.2. The van der Waals surface area contributed by atoms with E-state index in [0.717, 1.165) is 0 Å². The van der Waals surface area contributed by atoms with E-state index >= 15 is 0 Å². The average molecular weight is 381 g/mol. The highest BCUT2D eigenvalue weighted by molar-refractivity contribution is 7.91. The van der Waals surface area contributed by atoms with Crippen molar-refractivity contribution in [2.45, 2.75) is 16.2 Å². The minimum atomic E-state index is -3.82. The van der Waals surface area contributed by atoms with Gasteiger partial charge in [-0.1, -0.05) is 18.2 Å². The van der Waals surface area contributed by atoms with Gasteiger partial charge < -0.3 is 0 Å². The first-order valence-corrected chi connectivity index (χ1v) is 9.59. The molecule has 0 amide bonds. The SMILES string of the molecule is Cn1ccc(Cc2nc3c(=O)[nH]ncc3cc2S(=O)(=O)c2ccccc2)n1. The molecule has 1 N–H and O–H groups in total. The Kier molecular flexibility index (Phi) is 4.08. The molecule has 0 radical (unpaired) electrons. The number of nitrogens with zero attached hydrogens (tertiary/aromatic N) is 4. The Labute approximate surface area is 154 Å². The summed E-state index contributed by atoms with van der Waals surface area (Å²) in [6, 6.07) is 11.3. The van der Waals surface area contributed by atoms with Crippen LogP contribution in [-0.4, -0.2) is 33.4 Å². The molecule has 27 heavy (non-hydrogen) atoms. The second kappa shape index (κ2) is 6.44. The van der Waals surface area contributed by atoms with Crippen LogP contribution in [0.4, 0.5) is 0 Å². The summed E-state index contributed by atoms with van der Waals surface area (Å²) in [7, 11) is -2.05. The van der Waals surface area contributed by atoms with Gasteiger partial charge in [0.15, 0.2) is 0 Å². The number of H-pyrrole nitrogens is 1. The number of aromatic amines is 1. The van der Waals surface area contributed by atoms with Gasteiger partial charge in [-0.25, -0.2) is 18.5 Å². The van der Waals surface area contributed by atoms with Gasteiger partial charge in [-0.15, -0.1) is 0 Å². The van der Waals surface area contributed by atoms with Gasteiger partial charge in [0, 0.05) is 25.1 Å². The summed E-state index contributed by atoms with van der Waals surface area (Å²) in [5.74, 6) is 0. The molecule has 0 aliphatic carbocycles. The molecule has 0 saturated heterocycles. The van der Waals surface area contributed by atoms with Crippen LogP contribution in [0.15, 0.2) is 69.4 Å². The molecule has 3 aromatic heterocycles. The normalized spacial score (nSPS) is 11.7. The Morgan fingerprint density at radius 3 is 2.63 bits per heavy atom. The Morgan fingerprint density at radius 1 is 1.15 bits per heavy atom. The zero-order valence-electron chi connectivity index (χ0n) is 14.3. The molecule has 8 nitrogen and oxygen atoms in total. The van der Waals surface area contributed by atoms with Crippen molar-refractivity contribution in [3.63, 3.8) is 0 Å². The highest BCUT2D eigenvalue weighted by atomic mass is 32.2. The summed E-state index contributed by atoms with van der Waals surface area (Å²) >= 11 is 0. The minimum Gasteiger partial charge on any atom is -0.276 e. The van der Waals surface area contributed by atoms with Crippen LogP contribution < -0.4 is 5.56 Å². The van der Waals surface area contributed by atoms with Crippen LogP contribution in [0.1, 0.15) is 11.4 Å². The minimum absolute atomic E-state index is 0.0410. The maximum Gasteiger partial charge on any atom is 0.290 e. The van der Waals surface area contributed by atoms with E-state index in [2.05, 4.69) is 20.3 Å². The fourth-order valence-electron chi connectivity index (χ4n) is 2.86. The molecule has 0 bridgehead atoms. The number of sulfone groups is 1. The molecule has 4 rings (SSSR count). The second-order valence-electron chi connectivity index (χ2n) is 6.04. The topological polar surface area (TPSA) is 111 Å². The third-order valence-corrected chi connectivity index (χ3v) is 5.96. The van der Waals surface area contributed by atoms with Gasteiger partial charge in [0.2, 0.25) is 9.84 Å². The first kappa shape index (κ1) is 17.1. The van der Waals surface area contributed by atoms with Crippen molar-refractivity contribution in [1.29, 1.82) is 0 Å². The molecule has 0 unspecified atom stereocenters. The molecule has 3 heterocycles. The predicted molar refractivity (Wildman–Crippen MR) is 98.1 cm³/mol. The molecule has 4 aromatic rings. The number of nitrogens with one attached hydrogen (secondary N) is 1. The van der Waals surface area contributed by atoms with E-state index < -0.39 is 15.4 Å². The van der Waals surface area contributed by atoms with Crippen molar-refractivity contribution in [1.82, 2.24) is 25.0 Å². The first-order chi connectivity index (χ1) is 12.9. The second-order valence-corrected chi connectivity index (χ2v) is 7.96. The van der Waals surface area contributed by atoms with E-state index in [-0.39, 0.29) is 27.4 Å². The number of pyridine rings is 1. The summed E-state index contributed by atoms with van der Waals surface area (Å²) in [5.41, 5.74) is 0.586. The van der Waals surface area contributed by atoms with Gasteiger partial charge in [-0.2, -0.15) is 10.2 Å². The number of benzene rings is 1.